The molecule has 6 heterocycles. The molecular weight excluding hydrogens is 1560 g/mol. The highest BCUT2D eigenvalue weighted by atomic mass is 35.5. The highest BCUT2D eigenvalue weighted by molar-refractivity contribution is 7.91. The Balaban J connectivity index is 0.000000151. The fourth-order valence-electron chi connectivity index (χ4n) is 15.4. The summed E-state index contributed by atoms with van der Waals surface area (Å²) in [5, 5.41) is 19.0. The van der Waals surface area contributed by atoms with Crippen LogP contribution in [0, 0.1) is 5.82 Å². The molecule has 6 aliphatic rings. The second-order valence-electron chi connectivity index (χ2n) is 31.8. The van der Waals surface area contributed by atoms with Crippen molar-refractivity contribution >= 4 is 140 Å². The number of methoxy groups -OCH3 is 2. The predicted octanol–water partition coefficient (Wildman–Crippen LogP) is 15.5. The molecule has 4 fully saturated rings. The number of likely N-dealkylation sites (N-methyl/N-ethyl adjacent to an activating group) is 2. The lowest BCUT2D eigenvalue weighted by Crippen LogP contribution is -2.49. The van der Waals surface area contributed by atoms with Gasteiger partial charge in [0.15, 0.2) is 15.7 Å². The normalized spacial score (nSPS) is 17.6. The summed E-state index contributed by atoms with van der Waals surface area (Å²) in [6, 6.07) is 38.7. The van der Waals surface area contributed by atoms with Crippen molar-refractivity contribution in [3.05, 3.63) is 190 Å². The molecule has 0 radical (unpaired) electrons. The highest BCUT2D eigenvalue weighted by Crippen LogP contribution is 2.45. The van der Waals surface area contributed by atoms with Crippen molar-refractivity contribution in [2.45, 2.75) is 76.9 Å². The SMILES string of the molecule is CC(C)Oc1cc(N2CCN(C)CC2)ccc1Nc1nc2c(c(Nc3ccc(F)cc3P(C)(C)=O)n1)C=CC2.COc1cc(C2CCC(N3CCN(C)CC3)CC2)ccc1Nc1ncc(Cl)c(Nc2ccccc2P(C)(C)=O)n1.COc1cc(N2CCS(=O)(=O)CC2)ccc1Cc1nc2c(c(Nc3ccccc3P(C)(C)=O)n1)C=CC2. The second kappa shape index (κ2) is 36.7. The number of ether oxygens (including phenoxy) is 3. The average Bonchev–Trinajstić information content (AvgIpc) is 1.27. The van der Waals surface area contributed by atoms with Gasteiger partial charge in [0.05, 0.1) is 77.9 Å². The van der Waals surface area contributed by atoms with Gasteiger partial charge in [0.25, 0.3) is 0 Å². The van der Waals surface area contributed by atoms with Crippen LogP contribution in [0.3, 0.4) is 0 Å². The zero-order valence-corrected chi connectivity index (χ0v) is 72.5. The topological polar surface area (TPSA) is 267 Å². The molecule has 0 bridgehead atoms. The Morgan fingerprint density at radius 2 is 1.03 bits per heavy atom. The first-order valence-corrected chi connectivity index (χ1v) is 49.5. The van der Waals surface area contributed by atoms with Crippen LogP contribution in [0.2, 0.25) is 5.02 Å². The number of halogens is 2. The van der Waals surface area contributed by atoms with Gasteiger partial charge >= 0.3 is 0 Å². The molecule has 30 heteroatoms. The molecule has 6 aromatic carbocycles. The van der Waals surface area contributed by atoms with Gasteiger partial charge < -0.3 is 74.1 Å². The predicted molar refractivity (Wildman–Crippen MR) is 475 cm³/mol. The van der Waals surface area contributed by atoms with Gasteiger partial charge in [-0.25, -0.2) is 32.7 Å². The molecule has 614 valence electrons. The molecule has 15 rings (SSSR count). The van der Waals surface area contributed by atoms with E-state index in [9.17, 15) is 26.5 Å². The van der Waals surface area contributed by atoms with Crippen LogP contribution in [0.5, 0.6) is 17.2 Å². The van der Waals surface area contributed by atoms with E-state index in [-0.39, 0.29) is 17.6 Å². The number of fused-ring (bicyclic) bond motifs is 2. The average molecular weight is 1670 g/mol. The van der Waals surface area contributed by atoms with Crippen LogP contribution in [0.15, 0.2) is 140 Å². The Hall–Kier alpha value is -9.22. The van der Waals surface area contributed by atoms with E-state index < -0.39 is 37.1 Å². The van der Waals surface area contributed by atoms with Crippen molar-refractivity contribution < 1.29 is 40.7 Å². The summed E-state index contributed by atoms with van der Waals surface area (Å²) >= 11 is 6.43. The van der Waals surface area contributed by atoms with Gasteiger partial charge in [0, 0.05) is 147 Å². The first kappa shape index (κ1) is 84.7. The number of sulfone groups is 1. The molecule has 9 aromatic rings. The largest absolute Gasteiger partial charge is 0.496 e. The summed E-state index contributed by atoms with van der Waals surface area (Å²) in [5.74, 6) is 5.82. The Morgan fingerprint density at radius 1 is 0.526 bits per heavy atom. The van der Waals surface area contributed by atoms with E-state index in [2.05, 4.69) is 105 Å². The fourth-order valence-corrected chi connectivity index (χ4v) is 20.2. The lowest BCUT2D eigenvalue weighted by molar-refractivity contribution is 0.0878. The van der Waals surface area contributed by atoms with Crippen LogP contribution >= 0.6 is 33.0 Å². The number of piperazine rings is 2. The Morgan fingerprint density at radius 3 is 1.64 bits per heavy atom. The van der Waals surface area contributed by atoms with E-state index in [1.165, 1.54) is 69.6 Å². The van der Waals surface area contributed by atoms with Crippen molar-refractivity contribution in [1.29, 1.82) is 0 Å². The van der Waals surface area contributed by atoms with Crippen LogP contribution in [0.4, 0.5) is 73.6 Å². The summed E-state index contributed by atoms with van der Waals surface area (Å²) in [4.78, 5) is 40.1. The molecule has 3 aliphatic heterocycles. The van der Waals surface area contributed by atoms with E-state index >= 15 is 0 Å². The number of rotatable bonds is 23. The lowest BCUT2D eigenvalue weighted by atomic mass is 9.81. The summed E-state index contributed by atoms with van der Waals surface area (Å²) in [6.45, 7) is 24.0. The van der Waals surface area contributed by atoms with Gasteiger partial charge in [-0.3, -0.25) is 4.90 Å². The van der Waals surface area contributed by atoms with Crippen LogP contribution in [-0.2, 0) is 42.8 Å². The van der Waals surface area contributed by atoms with Crippen LogP contribution in [0.25, 0.3) is 12.2 Å². The Kier molecular flexibility index (Phi) is 26.8. The standard InChI is InChI=1S/C30H40ClN6O2P.C29H36FN6O2P.C27H31N4O4PS/c1-36-15-17-37(18-16-36)23-12-9-21(10-13-23)22-11-14-25(27(19-22)39-2)34-30-32-20-24(31)29(35-30)33-26-7-5-6-8-28(26)40(3,4)38;1-19(2)38-26-18-21(36-15-13-35(3)14-16-36)10-12-24(26)33-29-32-23-8-6-7-22(23)28(34-29)31-25-11-9-20(30)17-27(25)39(4,5)37;1-35-24-18-20(31-13-15-37(33,34)16-14-31)12-11-19(24)17-26-28-22-9-6-7-21(22)27(30-26)29-23-8-4-5-10-25(23)36(2,3)32/h5-8,11,14,19-21,23H,9-10,12-13,15-18H2,1-4H3,(H2,32,33,34,35);6-7,9-12,17-19H,8,13-16H2,1-5H3,(H2,31,32,33,34);4-8,10-12,18H,9,13-17H2,1-3H3,(H,28,29,30). The van der Waals surface area contributed by atoms with Crippen molar-refractivity contribution in [3.8, 4) is 17.2 Å². The van der Waals surface area contributed by atoms with Gasteiger partial charge in [-0.05, 0) is 178 Å². The third-order valence-corrected chi connectivity index (χ3v) is 28.3. The molecule has 1 saturated carbocycles. The summed E-state index contributed by atoms with van der Waals surface area (Å²) in [7, 11) is -3.00. The maximum atomic E-state index is 14.0. The minimum absolute atomic E-state index is 0.00803. The monoisotopic (exact) mass is 1670 g/mol. The Bertz CT molecular complexity index is 5380. The number of benzene rings is 6. The minimum atomic E-state index is -2.95. The summed E-state index contributed by atoms with van der Waals surface area (Å²) in [5.41, 5.74) is 11.6. The quantitative estimate of drug-likeness (QED) is 0.0373. The first-order valence-electron chi connectivity index (χ1n) is 39.5. The second-order valence-corrected chi connectivity index (χ2v) is 44.1. The van der Waals surface area contributed by atoms with E-state index in [1.807, 2.05) is 111 Å². The zero-order valence-electron chi connectivity index (χ0n) is 68.3. The third kappa shape index (κ3) is 21.4. The van der Waals surface area contributed by atoms with Gasteiger partial charge in [-0.15, -0.1) is 0 Å². The minimum Gasteiger partial charge on any atom is -0.496 e. The molecule has 116 heavy (non-hydrogen) atoms. The first-order chi connectivity index (χ1) is 55.4. The molecule has 0 amide bonds. The molecule has 0 atom stereocenters. The summed E-state index contributed by atoms with van der Waals surface area (Å²) < 4.78 is 93.9. The number of hydrogen-bond acceptors (Lipinski definition) is 24. The van der Waals surface area contributed by atoms with Crippen LogP contribution in [0.1, 0.15) is 84.9 Å². The Labute approximate surface area is 687 Å². The van der Waals surface area contributed by atoms with Crippen molar-refractivity contribution in [1.82, 2.24) is 44.6 Å². The molecule has 0 spiro atoms. The van der Waals surface area contributed by atoms with Crippen molar-refractivity contribution in [3.63, 3.8) is 0 Å². The maximum Gasteiger partial charge on any atom is 0.229 e. The number of aromatic nitrogens is 6. The van der Waals surface area contributed by atoms with E-state index in [1.54, 1.807) is 66.5 Å². The molecule has 3 saturated heterocycles. The maximum absolute atomic E-state index is 14.0. The molecule has 5 N–H and O–H groups in total. The van der Waals surface area contributed by atoms with Gasteiger partial charge in [0.1, 0.15) is 67.0 Å². The van der Waals surface area contributed by atoms with Crippen LogP contribution in [-0.4, -0.2) is 210 Å². The molecule has 24 nitrogen and oxygen atoms in total. The van der Waals surface area contributed by atoms with E-state index in [0.717, 1.165) is 111 Å². The number of nitrogens with one attached hydrogen (secondary N) is 5. The van der Waals surface area contributed by atoms with Gasteiger partial charge in [-0.1, -0.05) is 72.3 Å². The number of para-hydroxylation sites is 2. The lowest BCUT2D eigenvalue weighted by Gasteiger charge is -2.41. The van der Waals surface area contributed by atoms with Crippen molar-refractivity contribution in [2.75, 3.05) is 182 Å². The molecular formula is C86H107ClFN16O8P3S. The van der Waals surface area contributed by atoms with Crippen molar-refractivity contribution in [2.24, 2.45) is 0 Å². The van der Waals surface area contributed by atoms with E-state index in [4.69, 9.17) is 45.7 Å². The number of hydrogen-bond donors (Lipinski definition) is 5. The van der Waals surface area contributed by atoms with Crippen LogP contribution < -0.4 is 66.5 Å². The zero-order chi connectivity index (χ0) is 82.2. The highest BCUT2D eigenvalue weighted by Gasteiger charge is 2.31. The smallest absolute Gasteiger partial charge is 0.229 e. The van der Waals surface area contributed by atoms with E-state index in [0.29, 0.717) is 101 Å². The summed E-state index contributed by atoms with van der Waals surface area (Å²) in [6.07, 6.45) is 16.4. The molecule has 3 aliphatic carbocycles. The van der Waals surface area contributed by atoms with Gasteiger partial charge in [-0.2, -0.15) is 9.97 Å². The number of allylic oxidation sites excluding steroid dienone is 2. The number of anilines is 12. The molecule has 3 aromatic heterocycles. The third-order valence-electron chi connectivity index (χ3n) is 21.8. The van der Waals surface area contributed by atoms with Gasteiger partial charge in [0.2, 0.25) is 11.9 Å². The fraction of sp³-hybridized carbons (Fsp3) is 0.395. The molecule has 0 unspecified atom stereocenters. The number of nitrogens with zero attached hydrogens (tertiary/aromatic N) is 11.